The van der Waals surface area contributed by atoms with Gasteiger partial charge >= 0.3 is 0 Å². The lowest BCUT2D eigenvalue weighted by Crippen LogP contribution is -2.51. The van der Waals surface area contributed by atoms with E-state index in [2.05, 4.69) is 0 Å². The van der Waals surface area contributed by atoms with E-state index >= 15 is 0 Å². The van der Waals surface area contributed by atoms with Crippen LogP contribution in [0.2, 0.25) is 0 Å². The molecule has 0 aromatic heterocycles. The maximum atomic E-state index is 12.5. The number of carbonyl (C=O) groups is 1. The first-order chi connectivity index (χ1) is 8.61. The predicted molar refractivity (Wildman–Crippen MR) is 71.0 cm³/mol. The first-order valence-electron chi connectivity index (χ1n) is 7.31. The van der Waals surface area contributed by atoms with Crippen molar-refractivity contribution in [2.75, 3.05) is 7.05 Å². The van der Waals surface area contributed by atoms with Crippen LogP contribution in [0.15, 0.2) is 0 Å². The van der Waals surface area contributed by atoms with Crippen LogP contribution < -0.4 is 5.73 Å². The molecule has 0 aromatic rings. The molecule has 0 aromatic carbocycles. The van der Waals surface area contributed by atoms with Crippen molar-refractivity contribution in [1.82, 2.24) is 4.90 Å². The molecular formula is C14H26N2O2. The third-order valence-electron chi connectivity index (χ3n) is 4.68. The van der Waals surface area contributed by atoms with Gasteiger partial charge in [0.1, 0.15) is 0 Å². The van der Waals surface area contributed by atoms with E-state index in [-0.39, 0.29) is 30.0 Å². The summed E-state index contributed by atoms with van der Waals surface area (Å²) in [6, 6.07) is 0.00908. The molecule has 1 amide bonds. The summed E-state index contributed by atoms with van der Waals surface area (Å²) in [6.45, 7) is 0. The van der Waals surface area contributed by atoms with Gasteiger partial charge in [-0.1, -0.05) is 25.7 Å². The van der Waals surface area contributed by atoms with Crippen molar-refractivity contribution in [3.05, 3.63) is 0 Å². The minimum Gasteiger partial charge on any atom is -0.391 e. The molecule has 4 unspecified atom stereocenters. The van der Waals surface area contributed by atoms with E-state index in [1.165, 1.54) is 0 Å². The van der Waals surface area contributed by atoms with Gasteiger partial charge in [-0.05, 0) is 25.7 Å². The molecule has 4 nitrogen and oxygen atoms in total. The quantitative estimate of drug-likeness (QED) is 0.780. The summed E-state index contributed by atoms with van der Waals surface area (Å²) in [6.07, 6.45) is 7.67. The first-order valence-corrected chi connectivity index (χ1v) is 7.31. The topological polar surface area (TPSA) is 66.6 Å². The minimum atomic E-state index is -0.354. The van der Waals surface area contributed by atoms with Gasteiger partial charge in [-0.3, -0.25) is 4.79 Å². The summed E-state index contributed by atoms with van der Waals surface area (Å²) in [7, 11) is 1.84. The Bertz CT molecular complexity index is 296. The molecule has 4 heteroatoms. The van der Waals surface area contributed by atoms with Crippen LogP contribution in [0.25, 0.3) is 0 Å². The Morgan fingerprint density at radius 2 is 1.72 bits per heavy atom. The zero-order chi connectivity index (χ0) is 13.1. The molecule has 0 heterocycles. The largest absolute Gasteiger partial charge is 0.391 e. The van der Waals surface area contributed by atoms with E-state index < -0.39 is 0 Å². The maximum Gasteiger partial charge on any atom is 0.227 e. The fourth-order valence-corrected chi connectivity index (χ4v) is 3.43. The Balaban J connectivity index is 1.98. The third-order valence-corrected chi connectivity index (χ3v) is 4.68. The summed E-state index contributed by atoms with van der Waals surface area (Å²) < 4.78 is 0. The fourth-order valence-electron chi connectivity index (χ4n) is 3.43. The summed E-state index contributed by atoms with van der Waals surface area (Å²) in [5, 5.41) is 10.0. The van der Waals surface area contributed by atoms with Crippen LogP contribution in [0.1, 0.15) is 51.4 Å². The summed E-state index contributed by atoms with van der Waals surface area (Å²) >= 11 is 0. The van der Waals surface area contributed by atoms with Gasteiger partial charge in [-0.25, -0.2) is 0 Å². The van der Waals surface area contributed by atoms with Crippen LogP contribution in [-0.4, -0.2) is 41.1 Å². The van der Waals surface area contributed by atoms with Gasteiger partial charge in [0.25, 0.3) is 0 Å². The highest BCUT2D eigenvalue weighted by atomic mass is 16.3. The number of amides is 1. The number of rotatable bonds is 2. The lowest BCUT2D eigenvalue weighted by Gasteiger charge is -2.39. The molecular weight excluding hydrogens is 228 g/mol. The number of likely N-dealkylation sites (N-methyl/N-ethyl adjacent to an activating group) is 1. The second kappa shape index (κ2) is 6.02. The molecule has 2 fully saturated rings. The van der Waals surface area contributed by atoms with Crippen LogP contribution >= 0.6 is 0 Å². The number of aliphatic hydroxyl groups is 1. The van der Waals surface area contributed by atoms with E-state index in [4.69, 9.17) is 5.73 Å². The lowest BCUT2D eigenvalue weighted by atomic mass is 9.83. The zero-order valence-corrected chi connectivity index (χ0v) is 11.3. The van der Waals surface area contributed by atoms with Crippen molar-refractivity contribution in [1.29, 1.82) is 0 Å². The van der Waals surface area contributed by atoms with Gasteiger partial charge in [0, 0.05) is 13.1 Å². The summed E-state index contributed by atoms with van der Waals surface area (Å²) in [4.78, 5) is 14.3. The Hall–Kier alpha value is -0.610. The van der Waals surface area contributed by atoms with Crippen molar-refractivity contribution in [3.63, 3.8) is 0 Å². The Kier molecular flexibility index (Phi) is 4.62. The molecule has 2 aliphatic rings. The van der Waals surface area contributed by atoms with Crippen molar-refractivity contribution in [3.8, 4) is 0 Å². The molecule has 4 atom stereocenters. The SMILES string of the molecule is CN(C(=O)C1CCCCC1N)C1CCCCC1O. The molecule has 0 saturated heterocycles. The number of hydrogen-bond donors (Lipinski definition) is 2. The molecule has 3 N–H and O–H groups in total. The van der Waals surface area contributed by atoms with Crippen molar-refractivity contribution < 1.29 is 9.90 Å². The molecule has 2 saturated carbocycles. The van der Waals surface area contributed by atoms with Crippen LogP contribution in [-0.2, 0) is 4.79 Å². The van der Waals surface area contributed by atoms with Gasteiger partial charge in [0.15, 0.2) is 0 Å². The van der Waals surface area contributed by atoms with Crippen molar-refractivity contribution >= 4 is 5.91 Å². The monoisotopic (exact) mass is 254 g/mol. The summed E-state index contributed by atoms with van der Waals surface area (Å²) in [5.41, 5.74) is 6.07. The second-order valence-electron chi connectivity index (χ2n) is 5.92. The van der Waals surface area contributed by atoms with Gasteiger partial charge in [0.2, 0.25) is 5.91 Å². The molecule has 2 aliphatic carbocycles. The molecule has 0 aliphatic heterocycles. The number of nitrogens with zero attached hydrogens (tertiary/aromatic N) is 1. The van der Waals surface area contributed by atoms with Gasteiger partial charge in [-0.15, -0.1) is 0 Å². The Labute approximate surface area is 110 Å². The summed E-state index contributed by atoms with van der Waals surface area (Å²) in [5.74, 6) is 0.117. The van der Waals surface area contributed by atoms with Crippen LogP contribution in [0.5, 0.6) is 0 Å². The zero-order valence-electron chi connectivity index (χ0n) is 11.3. The fraction of sp³-hybridized carbons (Fsp3) is 0.929. The first kappa shape index (κ1) is 13.8. The normalized spacial score (nSPS) is 37.3. The second-order valence-corrected chi connectivity index (χ2v) is 5.92. The molecule has 0 bridgehead atoms. The van der Waals surface area contributed by atoms with Crippen LogP contribution in [0.3, 0.4) is 0 Å². The average molecular weight is 254 g/mol. The third kappa shape index (κ3) is 2.86. The maximum absolute atomic E-state index is 12.5. The highest BCUT2D eigenvalue weighted by Crippen LogP contribution is 2.28. The van der Waals surface area contributed by atoms with Crippen LogP contribution in [0, 0.1) is 5.92 Å². The number of carbonyl (C=O) groups excluding carboxylic acids is 1. The molecule has 0 radical (unpaired) electrons. The van der Waals surface area contributed by atoms with Crippen LogP contribution in [0.4, 0.5) is 0 Å². The van der Waals surface area contributed by atoms with E-state index in [1.54, 1.807) is 4.90 Å². The Morgan fingerprint density at radius 1 is 1.11 bits per heavy atom. The number of hydrogen-bond acceptors (Lipinski definition) is 3. The van der Waals surface area contributed by atoms with E-state index in [9.17, 15) is 9.90 Å². The van der Waals surface area contributed by atoms with Gasteiger partial charge in [0.05, 0.1) is 18.1 Å². The van der Waals surface area contributed by atoms with E-state index in [1.807, 2.05) is 7.05 Å². The minimum absolute atomic E-state index is 0.000349. The number of aliphatic hydroxyl groups excluding tert-OH is 1. The highest BCUT2D eigenvalue weighted by molar-refractivity contribution is 5.79. The van der Waals surface area contributed by atoms with Gasteiger partial charge in [-0.2, -0.15) is 0 Å². The van der Waals surface area contributed by atoms with Crippen molar-refractivity contribution in [2.24, 2.45) is 11.7 Å². The van der Waals surface area contributed by atoms with Crippen molar-refractivity contribution in [2.45, 2.75) is 69.6 Å². The molecule has 2 rings (SSSR count). The number of nitrogens with two attached hydrogens (primary N) is 1. The smallest absolute Gasteiger partial charge is 0.227 e. The average Bonchev–Trinajstić information content (AvgIpc) is 2.38. The molecule has 0 spiro atoms. The highest BCUT2D eigenvalue weighted by Gasteiger charge is 2.35. The lowest BCUT2D eigenvalue weighted by molar-refractivity contribution is -0.141. The molecule has 104 valence electrons. The van der Waals surface area contributed by atoms with Gasteiger partial charge < -0.3 is 15.7 Å². The molecule has 18 heavy (non-hydrogen) atoms. The predicted octanol–water partition coefficient (Wildman–Crippen LogP) is 1.27. The van der Waals surface area contributed by atoms with E-state index in [0.29, 0.717) is 0 Å². The Morgan fingerprint density at radius 3 is 2.39 bits per heavy atom. The van der Waals surface area contributed by atoms with E-state index in [0.717, 1.165) is 51.4 Å². The standard InChI is InChI=1S/C14H26N2O2/c1-16(12-8-4-5-9-13(12)17)14(18)10-6-2-3-7-11(10)15/h10-13,17H,2-9,15H2,1H3.